The molecule has 0 N–H and O–H groups in total. The minimum absolute atomic E-state index is 0.208. The van der Waals surface area contributed by atoms with Crippen LogP contribution in [0, 0.1) is 0 Å². The number of fused-ring (bicyclic) bond motifs is 1. The minimum Gasteiger partial charge on any atom is -0.496 e. The number of para-hydroxylation sites is 1. The molecule has 0 spiro atoms. The van der Waals surface area contributed by atoms with E-state index < -0.39 is 0 Å². The number of anilines is 1. The first-order chi connectivity index (χ1) is 12.3. The van der Waals surface area contributed by atoms with Gasteiger partial charge in [-0.15, -0.1) is 10.2 Å². The van der Waals surface area contributed by atoms with Crippen molar-refractivity contribution < 1.29 is 9.47 Å². The van der Waals surface area contributed by atoms with Gasteiger partial charge in [-0.3, -0.25) is 4.40 Å². The van der Waals surface area contributed by atoms with E-state index in [0.29, 0.717) is 6.54 Å². The van der Waals surface area contributed by atoms with E-state index in [9.17, 15) is 0 Å². The maximum atomic E-state index is 5.85. The van der Waals surface area contributed by atoms with Crippen molar-refractivity contribution >= 4 is 11.5 Å². The van der Waals surface area contributed by atoms with Crippen LogP contribution in [0.1, 0.15) is 18.4 Å². The molecule has 3 aromatic rings. The van der Waals surface area contributed by atoms with Gasteiger partial charge in [-0.2, -0.15) is 0 Å². The Morgan fingerprint density at radius 2 is 2.28 bits per heavy atom. The lowest BCUT2D eigenvalue weighted by Crippen LogP contribution is -2.33. The van der Waals surface area contributed by atoms with Crippen molar-refractivity contribution in [1.29, 1.82) is 0 Å². The van der Waals surface area contributed by atoms with Gasteiger partial charge >= 0.3 is 0 Å². The van der Waals surface area contributed by atoms with Crippen LogP contribution in [0.15, 0.2) is 43.0 Å². The quantitative estimate of drug-likeness (QED) is 0.687. The molecule has 1 fully saturated rings. The van der Waals surface area contributed by atoms with Crippen molar-refractivity contribution in [3.05, 3.63) is 48.5 Å². The van der Waals surface area contributed by atoms with Crippen LogP contribution in [0.3, 0.4) is 0 Å². The third-order valence-electron chi connectivity index (χ3n) is 4.50. The Balaban J connectivity index is 1.69. The van der Waals surface area contributed by atoms with Gasteiger partial charge < -0.3 is 14.4 Å². The Hall–Kier alpha value is -2.67. The van der Waals surface area contributed by atoms with Gasteiger partial charge in [0.15, 0.2) is 5.82 Å². The van der Waals surface area contributed by atoms with Gasteiger partial charge in [-0.1, -0.05) is 18.2 Å². The van der Waals surface area contributed by atoms with Crippen LogP contribution in [0.2, 0.25) is 0 Å². The molecule has 0 unspecified atom stereocenters. The SMILES string of the molecule is COc1ccccc1CN(C[C@@H]1CCCO1)c1nccn2cnnc12. The van der Waals surface area contributed by atoms with Gasteiger partial charge in [-0.05, 0) is 18.9 Å². The monoisotopic (exact) mass is 339 g/mol. The number of rotatable bonds is 6. The van der Waals surface area contributed by atoms with Crippen molar-refractivity contribution in [2.45, 2.75) is 25.5 Å². The summed E-state index contributed by atoms with van der Waals surface area (Å²) in [6.07, 6.45) is 7.70. The topological polar surface area (TPSA) is 64.8 Å². The Morgan fingerprint density at radius 1 is 1.36 bits per heavy atom. The van der Waals surface area contributed by atoms with E-state index >= 15 is 0 Å². The van der Waals surface area contributed by atoms with Crippen LogP contribution in [0.25, 0.3) is 5.65 Å². The fourth-order valence-corrected chi connectivity index (χ4v) is 3.27. The predicted octanol–water partition coefficient (Wildman–Crippen LogP) is 2.32. The van der Waals surface area contributed by atoms with Crippen molar-refractivity contribution in [3.63, 3.8) is 0 Å². The minimum atomic E-state index is 0.208. The molecule has 1 saturated heterocycles. The van der Waals surface area contributed by atoms with Crippen molar-refractivity contribution in [2.75, 3.05) is 25.2 Å². The Kier molecular flexibility index (Phi) is 4.47. The summed E-state index contributed by atoms with van der Waals surface area (Å²) in [5.74, 6) is 1.68. The first kappa shape index (κ1) is 15.8. The molecule has 3 heterocycles. The predicted molar refractivity (Wildman–Crippen MR) is 93.8 cm³/mol. The van der Waals surface area contributed by atoms with E-state index in [1.54, 1.807) is 19.6 Å². The van der Waals surface area contributed by atoms with Crippen LogP contribution in [-0.4, -0.2) is 45.9 Å². The highest BCUT2D eigenvalue weighted by Crippen LogP contribution is 2.26. The van der Waals surface area contributed by atoms with Gasteiger partial charge in [0.2, 0.25) is 5.65 Å². The third kappa shape index (κ3) is 3.28. The Morgan fingerprint density at radius 3 is 3.12 bits per heavy atom. The van der Waals surface area contributed by atoms with Crippen LogP contribution in [0.4, 0.5) is 5.82 Å². The fourth-order valence-electron chi connectivity index (χ4n) is 3.27. The molecule has 1 atom stereocenters. The van der Waals surface area contributed by atoms with Crippen LogP contribution in [-0.2, 0) is 11.3 Å². The van der Waals surface area contributed by atoms with Crippen LogP contribution < -0.4 is 9.64 Å². The smallest absolute Gasteiger partial charge is 0.203 e. The van der Waals surface area contributed by atoms with Crippen LogP contribution >= 0.6 is 0 Å². The molecule has 0 bridgehead atoms. The highest BCUT2D eigenvalue weighted by molar-refractivity contribution is 5.63. The Labute approximate surface area is 146 Å². The van der Waals surface area contributed by atoms with Gasteiger partial charge in [0, 0.05) is 37.7 Å². The van der Waals surface area contributed by atoms with Crippen molar-refractivity contribution in [1.82, 2.24) is 19.6 Å². The van der Waals surface area contributed by atoms with E-state index in [-0.39, 0.29) is 6.10 Å². The molecule has 1 aliphatic rings. The second kappa shape index (κ2) is 7.06. The lowest BCUT2D eigenvalue weighted by molar-refractivity contribution is 0.115. The normalized spacial score (nSPS) is 17.1. The summed E-state index contributed by atoms with van der Waals surface area (Å²) >= 11 is 0. The summed E-state index contributed by atoms with van der Waals surface area (Å²) in [5, 5.41) is 8.24. The lowest BCUT2D eigenvalue weighted by atomic mass is 10.1. The van der Waals surface area contributed by atoms with E-state index in [1.807, 2.05) is 28.8 Å². The maximum Gasteiger partial charge on any atom is 0.203 e. The molecule has 1 aliphatic heterocycles. The average Bonchev–Trinajstić information content (AvgIpc) is 3.32. The lowest BCUT2D eigenvalue weighted by Gasteiger charge is -2.27. The summed E-state index contributed by atoms with van der Waals surface area (Å²) in [4.78, 5) is 6.79. The van der Waals surface area contributed by atoms with Crippen LogP contribution in [0.5, 0.6) is 5.75 Å². The molecule has 25 heavy (non-hydrogen) atoms. The molecule has 130 valence electrons. The van der Waals surface area contributed by atoms with Gasteiger partial charge in [0.25, 0.3) is 0 Å². The first-order valence-corrected chi connectivity index (χ1v) is 8.48. The second-order valence-corrected chi connectivity index (χ2v) is 6.14. The zero-order chi connectivity index (χ0) is 17.1. The molecule has 0 saturated carbocycles. The average molecular weight is 339 g/mol. The molecule has 1 aromatic carbocycles. The van der Waals surface area contributed by atoms with Gasteiger partial charge in [-0.25, -0.2) is 4.98 Å². The molecular weight excluding hydrogens is 318 g/mol. The van der Waals surface area contributed by atoms with Gasteiger partial charge in [0.05, 0.1) is 13.2 Å². The molecule has 2 aromatic heterocycles. The second-order valence-electron chi connectivity index (χ2n) is 6.14. The fraction of sp³-hybridized carbons (Fsp3) is 0.389. The van der Waals surface area contributed by atoms with E-state index in [1.165, 1.54) is 0 Å². The zero-order valence-corrected chi connectivity index (χ0v) is 14.2. The number of methoxy groups -OCH3 is 1. The van der Waals surface area contributed by atoms with Crippen molar-refractivity contribution in [2.24, 2.45) is 0 Å². The van der Waals surface area contributed by atoms with E-state index in [0.717, 1.165) is 48.8 Å². The number of hydrogen-bond acceptors (Lipinski definition) is 6. The van der Waals surface area contributed by atoms with E-state index in [4.69, 9.17) is 9.47 Å². The molecule has 4 rings (SSSR count). The molecular formula is C18H21N5O2. The zero-order valence-electron chi connectivity index (χ0n) is 14.2. The third-order valence-corrected chi connectivity index (χ3v) is 4.50. The number of benzene rings is 1. The maximum absolute atomic E-state index is 5.85. The number of nitrogens with zero attached hydrogens (tertiary/aromatic N) is 5. The van der Waals surface area contributed by atoms with Crippen molar-refractivity contribution in [3.8, 4) is 5.75 Å². The first-order valence-electron chi connectivity index (χ1n) is 8.48. The Bertz CT molecular complexity index is 844. The van der Waals surface area contributed by atoms with Gasteiger partial charge in [0.1, 0.15) is 12.1 Å². The highest BCUT2D eigenvalue weighted by atomic mass is 16.5. The molecule has 7 nitrogen and oxygen atoms in total. The van der Waals surface area contributed by atoms with E-state index in [2.05, 4.69) is 26.1 Å². The standard InChI is InChI=1S/C18H21N5O2/c1-24-16-7-3-2-5-14(16)11-23(12-15-6-4-10-25-15)17-18-21-20-13-22(18)9-8-19-17/h2-3,5,7-9,13,15H,4,6,10-12H2,1H3/t15-/m0/s1. The summed E-state index contributed by atoms with van der Waals surface area (Å²) in [5.41, 5.74) is 1.85. The summed E-state index contributed by atoms with van der Waals surface area (Å²) < 4.78 is 13.2. The number of aromatic nitrogens is 4. The highest BCUT2D eigenvalue weighted by Gasteiger charge is 2.23. The largest absolute Gasteiger partial charge is 0.496 e. The summed E-state index contributed by atoms with van der Waals surface area (Å²) in [7, 11) is 1.70. The summed E-state index contributed by atoms with van der Waals surface area (Å²) in [6.45, 7) is 2.26. The molecule has 7 heteroatoms. The molecule has 0 aliphatic carbocycles. The molecule has 0 amide bonds. The molecule has 0 radical (unpaired) electrons. The number of hydrogen-bond donors (Lipinski definition) is 0. The number of ether oxygens (including phenoxy) is 2. The summed E-state index contributed by atoms with van der Waals surface area (Å²) in [6, 6.07) is 8.05.